The number of carbonyl (C=O) groups is 1. The van der Waals surface area contributed by atoms with Crippen LogP contribution in [0.15, 0.2) is 89.9 Å². The van der Waals surface area contributed by atoms with Gasteiger partial charge in [0.2, 0.25) is 5.88 Å². The van der Waals surface area contributed by atoms with E-state index in [-0.39, 0.29) is 30.9 Å². The van der Waals surface area contributed by atoms with E-state index < -0.39 is 11.7 Å². The minimum atomic E-state index is -0.433. The van der Waals surface area contributed by atoms with Crippen LogP contribution >= 0.6 is 0 Å². The third-order valence-electron chi connectivity index (χ3n) is 4.68. The van der Waals surface area contributed by atoms with Gasteiger partial charge in [-0.25, -0.2) is 14.1 Å². The number of nitrogens with one attached hydrogen (secondary N) is 1. The number of hydrogen-bond donors (Lipinski definition) is 1. The number of ether oxygens (including phenoxy) is 2. The van der Waals surface area contributed by atoms with E-state index in [4.69, 9.17) is 9.47 Å². The molecule has 0 fully saturated rings. The van der Waals surface area contributed by atoms with Gasteiger partial charge in [0.1, 0.15) is 29.6 Å². The Labute approximate surface area is 194 Å². The number of rotatable bonds is 9. The summed E-state index contributed by atoms with van der Waals surface area (Å²) in [6, 6.07) is 21.0. The summed E-state index contributed by atoms with van der Waals surface area (Å²) in [5, 5.41) is 6.87. The van der Waals surface area contributed by atoms with Crippen LogP contribution in [0.3, 0.4) is 0 Å². The number of pyridine rings is 1. The fourth-order valence-corrected chi connectivity index (χ4v) is 3.00. The molecular formula is C25H21FN4O4. The first-order chi connectivity index (χ1) is 16.6. The van der Waals surface area contributed by atoms with Gasteiger partial charge in [0.25, 0.3) is 11.5 Å². The van der Waals surface area contributed by atoms with Crippen LogP contribution in [0.25, 0.3) is 0 Å². The fourth-order valence-electron chi connectivity index (χ4n) is 3.00. The lowest BCUT2D eigenvalue weighted by atomic mass is 10.2. The van der Waals surface area contributed by atoms with Gasteiger partial charge in [-0.2, -0.15) is 5.10 Å². The molecule has 0 aliphatic heterocycles. The van der Waals surface area contributed by atoms with E-state index in [1.165, 1.54) is 28.9 Å². The zero-order valence-corrected chi connectivity index (χ0v) is 18.1. The van der Waals surface area contributed by atoms with E-state index in [1.54, 1.807) is 30.5 Å². The van der Waals surface area contributed by atoms with Gasteiger partial charge < -0.3 is 14.8 Å². The molecule has 2 aromatic carbocycles. The van der Waals surface area contributed by atoms with Gasteiger partial charge >= 0.3 is 0 Å². The number of hydrogen-bond acceptors (Lipinski definition) is 6. The van der Waals surface area contributed by atoms with Crippen molar-refractivity contribution >= 4 is 5.91 Å². The lowest BCUT2D eigenvalue weighted by Crippen LogP contribution is -2.30. The average molecular weight is 460 g/mol. The van der Waals surface area contributed by atoms with Gasteiger partial charge in [-0.3, -0.25) is 9.59 Å². The zero-order chi connectivity index (χ0) is 23.8. The van der Waals surface area contributed by atoms with Crippen molar-refractivity contribution < 1.29 is 18.7 Å². The summed E-state index contributed by atoms with van der Waals surface area (Å²) in [5.74, 6) is 0.486. The van der Waals surface area contributed by atoms with Crippen LogP contribution in [0, 0.1) is 5.82 Å². The zero-order valence-electron chi connectivity index (χ0n) is 18.1. The van der Waals surface area contributed by atoms with Crippen molar-refractivity contribution in [2.24, 2.45) is 0 Å². The Morgan fingerprint density at radius 1 is 0.971 bits per heavy atom. The lowest BCUT2D eigenvalue weighted by Gasteiger charge is -2.09. The molecule has 1 amide bonds. The summed E-state index contributed by atoms with van der Waals surface area (Å²) >= 11 is 0. The summed E-state index contributed by atoms with van der Waals surface area (Å²) < 4.78 is 25.5. The predicted molar refractivity (Wildman–Crippen MR) is 122 cm³/mol. The number of amides is 1. The predicted octanol–water partition coefficient (Wildman–Crippen LogP) is 3.58. The van der Waals surface area contributed by atoms with E-state index >= 15 is 0 Å². The topological polar surface area (TPSA) is 95.3 Å². The van der Waals surface area contributed by atoms with Crippen LogP contribution in [0.5, 0.6) is 17.4 Å². The van der Waals surface area contributed by atoms with Crippen molar-refractivity contribution in [1.82, 2.24) is 20.1 Å². The molecule has 0 unspecified atom stereocenters. The standard InChI is InChI=1S/C25H21FN4O4/c26-19-5-4-8-21(15-19)34-23-11-9-18(16-27-23)17-28-25(32)22-10-12-24(31)30(29-22)13-14-33-20-6-2-1-3-7-20/h1-12,15-16H,13-14,17H2,(H,28,32). The van der Waals surface area contributed by atoms with Crippen LogP contribution < -0.4 is 20.3 Å². The second-order valence-electron chi connectivity index (χ2n) is 7.19. The maximum Gasteiger partial charge on any atom is 0.271 e. The van der Waals surface area contributed by atoms with Gasteiger partial charge in [0.05, 0.1) is 6.54 Å². The number of carbonyl (C=O) groups excluding carboxylic acids is 1. The number of para-hydroxylation sites is 1. The summed E-state index contributed by atoms with van der Waals surface area (Å²) in [5.41, 5.74) is 0.508. The highest BCUT2D eigenvalue weighted by atomic mass is 19.1. The molecule has 0 atom stereocenters. The molecule has 34 heavy (non-hydrogen) atoms. The summed E-state index contributed by atoms with van der Waals surface area (Å²) in [7, 11) is 0. The van der Waals surface area contributed by atoms with E-state index in [0.717, 1.165) is 5.56 Å². The van der Waals surface area contributed by atoms with Gasteiger partial charge in [0.15, 0.2) is 0 Å². The number of benzene rings is 2. The summed E-state index contributed by atoms with van der Waals surface area (Å²) in [6.07, 6.45) is 1.55. The molecule has 0 saturated carbocycles. The molecule has 1 N–H and O–H groups in total. The smallest absolute Gasteiger partial charge is 0.271 e. The van der Waals surface area contributed by atoms with Crippen LogP contribution in [0.4, 0.5) is 4.39 Å². The molecule has 0 saturated heterocycles. The maximum absolute atomic E-state index is 13.3. The monoisotopic (exact) mass is 460 g/mol. The van der Waals surface area contributed by atoms with Crippen molar-refractivity contribution in [1.29, 1.82) is 0 Å². The van der Waals surface area contributed by atoms with Crippen molar-refractivity contribution in [3.8, 4) is 17.4 Å². The maximum atomic E-state index is 13.3. The average Bonchev–Trinajstić information content (AvgIpc) is 2.85. The van der Waals surface area contributed by atoms with Crippen molar-refractivity contribution in [2.45, 2.75) is 13.1 Å². The summed E-state index contributed by atoms with van der Waals surface area (Å²) in [6.45, 7) is 0.632. The van der Waals surface area contributed by atoms with Gasteiger partial charge in [-0.05, 0) is 35.9 Å². The molecule has 0 aliphatic carbocycles. The molecule has 4 aromatic rings. The van der Waals surface area contributed by atoms with Gasteiger partial charge in [0, 0.05) is 30.9 Å². The molecule has 8 nitrogen and oxygen atoms in total. The van der Waals surface area contributed by atoms with Crippen molar-refractivity contribution in [3.05, 3.63) is 112 Å². The largest absolute Gasteiger partial charge is 0.492 e. The molecule has 9 heteroatoms. The van der Waals surface area contributed by atoms with Crippen LogP contribution in [0.2, 0.25) is 0 Å². The minimum absolute atomic E-state index is 0.110. The molecule has 0 bridgehead atoms. The first kappa shape index (κ1) is 22.7. The van der Waals surface area contributed by atoms with Crippen LogP contribution in [-0.4, -0.2) is 27.3 Å². The van der Waals surface area contributed by atoms with Crippen LogP contribution in [0.1, 0.15) is 16.1 Å². The number of aromatic nitrogens is 3. The van der Waals surface area contributed by atoms with Gasteiger partial charge in [-0.15, -0.1) is 0 Å². The number of nitrogens with zero attached hydrogens (tertiary/aromatic N) is 3. The Balaban J connectivity index is 1.31. The molecule has 172 valence electrons. The fraction of sp³-hybridized carbons (Fsp3) is 0.120. The Morgan fingerprint density at radius 2 is 1.79 bits per heavy atom. The second kappa shape index (κ2) is 10.9. The lowest BCUT2D eigenvalue weighted by molar-refractivity contribution is 0.0943. The van der Waals surface area contributed by atoms with Crippen molar-refractivity contribution in [3.63, 3.8) is 0 Å². The second-order valence-corrected chi connectivity index (χ2v) is 7.19. The SMILES string of the molecule is O=C(NCc1ccc(Oc2cccc(F)c2)nc1)c1ccc(=O)n(CCOc2ccccc2)n1. The molecule has 2 heterocycles. The Hall–Kier alpha value is -4.53. The van der Waals surface area contributed by atoms with E-state index in [1.807, 2.05) is 30.3 Å². The Kier molecular flexibility index (Phi) is 7.24. The summed E-state index contributed by atoms with van der Waals surface area (Å²) in [4.78, 5) is 28.8. The Morgan fingerprint density at radius 3 is 2.56 bits per heavy atom. The van der Waals surface area contributed by atoms with Crippen LogP contribution in [-0.2, 0) is 13.1 Å². The molecule has 0 aliphatic rings. The van der Waals surface area contributed by atoms with E-state index in [0.29, 0.717) is 17.4 Å². The molecule has 0 radical (unpaired) electrons. The first-order valence-corrected chi connectivity index (χ1v) is 10.5. The molecule has 4 rings (SSSR count). The third kappa shape index (κ3) is 6.26. The van der Waals surface area contributed by atoms with Crippen molar-refractivity contribution in [2.75, 3.05) is 6.61 Å². The highest BCUT2D eigenvalue weighted by molar-refractivity contribution is 5.91. The highest BCUT2D eigenvalue weighted by Crippen LogP contribution is 2.20. The quantitative estimate of drug-likeness (QED) is 0.410. The molecule has 2 aromatic heterocycles. The van der Waals surface area contributed by atoms with E-state index in [9.17, 15) is 14.0 Å². The highest BCUT2D eigenvalue weighted by Gasteiger charge is 2.10. The van der Waals surface area contributed by atoms with Gasteiger partial charge in [-0.1, -0.05) is 30.3 Å². The Bertz CT molecular complexity index is 1310. The third-order valence-corrected chi connectivity index (χ3v) is 4.68. The normalized spacial score (nSPS) is 10.5. The molecule has 0 spiro atoms. The number of halogens is 1. The first-order valence-electron chi connectivity index (χ1n) is 10.5. The molecular weight excluding hydrogens is 439 g/mol. The van der Waals surface area contributed by atoms with E-state index in [2.05, 4.69) is 15.4 Å². The minimum Gasteiger partial charge on any atom is -0.492 e.